The van der Waals surface area contributed by atoms with Gasteiger partial charge in [-0.2, -0.15) is 0 Å². The molecule has 4 rings (SSSR count). The van der Waals surface area contributed by atoms with Gasteiger partial charge in [0.05, 0.1) is 31.9 Å². The van der Waals surface area contributed by atoms with Crippen LogP contribution in [0.4, 0.5) is 4.39 Å². The molecule has 1 amide bonds. The molecule has 0 spiro atoms. The van der Waals surface area contributed by atoms with Crippen LogP contribution in [0.1, 0.15) is 29.3 Å². The predicted molar refractivity (Wildman–Crippen MR) is 131 cm³/mol. The number of halogens is 1. The molecule has 1 fully saturated rings. The zero-order chi connectivity index (χ0) is 23.9. The fourth-order valence-electron chi connectivity index (χ4n) is 4.40. The second-order valence-electron chi connectivity index (χ2n) is 9.04. The lowest BCUT2D eigenvalue weighted by molar-refractivity contribution is -0.136. The summed E-state index contributed by atoms with van der Waals surface area (Å²) in [5.74, 6) is 0.708. The van der Waals surface area contributed by atoms with Gasteiger partial charge in [0, 0.05) is 30.6 Å². The minimum absolute atomic E-state index is 0.0181. The van der Waals surface area contributed by atoms with Gasteiger partial charge in [0.2, 0.25) is 5.91 Å². The van der Waals surface area contributed by atoms with Gasteiger partial charge in [0.15, 0.2) is 0 Å². The molecule has 34 heavy (non-hydrogen) atoms. The van der Waals surface area contributed by atoms with E-state index in [0.717, 1.165) is 18.5 Å². The van der Waals surface area contributed by atoms with E-state index in [4.69, 9.17) is 9.47 Å². The van der Waals surface area contributed by atoms with Crippen molar-refractivity contribution in [3.05, 3.63) is 64.6 Å². The summed E-state index contributed by atoms with van der Waals surface area (Å²) in [7, 11) is 0. The number of nitrogens with zero attached hydrogens (tertiary/aromatic N) is 2. The minimum atomic E-state index is -0.663. The second kappa shape index (κ2) is 11.9. The number of carbonyl (C=O) groups is 1. The summed E-state index contributed by atoms with van der Waals surface area (Å²) in [6, 6.07) is 7.91. The molecule has 8 heteroatoms. The predicted octanol–water partition coefficient (Wildman–Crippen LogP) is 3.67. The Bertz CT molecular complexity index is 964. The average molecular weight is 489 g/mol. The largest absolute Gasteiger partial charge is 0.491 e. The van der Waals surface area contributed by atoms with Crippen molar-refractivity contribution in [2.45, 2.75) is 31.4 Å². The first-order valence-electron chi connectivity index (χ1n) is 11.9. The Morgan fingerprint density at radius 3 is 3.00 bits per heavy atom. The third-order valence-electron chi connectivity index (χ3n) is 6.21. The maximum absolute atomic E-state index is 13.6. The molecule has 2 atom stereocenters. The van der Waals surface area contributed by atoms with Gasteiger partial charge in [-0.1, -0.05) is 12.1 Å². The highest BCUT2D eigenvalue weighted by Gasteiger charge is 2.34. The van der Waals surface area contributed by atoms with E-state index in [9.17, 15) is 14.3 Å². The fourth-order valence-corrected chi connectivity index (χ4v) is 5.32. The van der Waals surface area contributed by atoms with Gasteiger partial charge < -0.3 is 19.5 Å². The molecule has 1 N–H and O–H groups in total. The number of hydrogen-bond donors (Lipinski definition) is 1. The minimum Gasteiger partial charge on any atom is -0.491 e. The van der Waals surface area contributed by atoms with Crippen LogP contribution < -0.4 is 4.74 Å². The van der Waals surface area contributed by atoms with Gasteiger partial charge >= 0.3 is 0 Å². The summed E-state index contributed by atoms with van der Waals surface area (Å²) < 4.78 is 24.9. The van der Waals surface area contributed by atoms with Gasteiger partial charge in [-0.15, -0.1) is 17.9 Å². The molecule has 1 aliphatic heterocycles. The highest BCUT2D eigenvalue weighted by molar-refractivity contribution is 7.10. The lowest BCUT2D eigenvalue weighted by atomic mass is 10.0. The Hall–Kier alpha value is -2.26. The van der Waals surface area contributed by atoms with Crippen LogP contribution >= 0.6 is 11.3 Å². The van der Waals surface area contributed by atoms with E-state index in [2.05, 4.69) is 17.5 Å². The van der Waals surface area contributed by atoms with Crippen molar-refractivity contribution in [3.63, 3.8) is 0 Å². The zero-order valence-corrected chi connectivity index (χ0v) is 20.2. The van der Waals surface area contributed by atoms with E-state index in [-0.39, 0.29) is 37.5 Å². The van der Waals surface area contributed by atoms with Crippen LogP contribution in [-0.4, -0.2) is 72.9 Å². The SMILES string of the molecule is C=CCOC[C@H](O)CN(CC(=O)N1CCc2sccc2[C@@H]1COc1cccc(F)c1)CC1CC1. The number of carbonyl (C=O) groups excluding carboxylic acids is 1. The quantitative estimate of drug-likeness (QED) is 0.344. The first kappa shape index (κ1) is 24.9. The van der Waals surface area contributed by atoms with Gasteiger partial charge in [0.1, 0.15) is 18.2 Å². The van der Waals surface area contributed by atoms with Crippen molar-refractivity contribution in [2.75, 3.05) is 46.0 Å². The number of rotatable bonds is 13. The van der Waals surface area contributed by atoms with Crippen molar-refractivity contribution < 1.29 is 23.8 Å². The molecule has 0 radical (unpaired) electrons. The summed E-state index contributed by atoms with van der Waals surface area (Å²) in [4.78, 5) is 18.7. The van der Waals surface area contributed by atoms with Crippen molar-refractivity contribution in [1.29, 1.82) is 0 Å². The topological polar surface area (TPSA) is 62.2 Å². The summed E-state index contributed by atoms with van der Waals surface area (Å²) in [5, 5.41) is 12.5. The molecule has 1 aromatic heterocycles. The van der Waals surface area contributed by atoms with Gasteiger partial charge in [-0.3, -0.25) is 9.69 Å². The third kappa shape index (κ3) is 6.88. The monoisotopic (exact) mass is 488 g/mol. The van der Waals surface area contributed by atoms with Crippen molar-refractivity contribution in [3.8, 4) is 5.75 Å². The van der Waals surface area contributed by atoms with Crippen LogP contribution in [0.2, 0.25) is 0 Å². The van der Waals surface area contributed by atoms with Crippen LogP contribution in [0.15, 0.2) is 48.4 Å². The Kier molecular flexibility index (Phi) is 8.72. The van der Waals surface area contributed by atoms with Crippen molar-refractivity contribution in [2.24, 2.45) is 5.92 Å². The highest BCUT2D eigenvalue weighted by atomic mass is 32.1. The number of benzene rings is 1. The number of thiophene rings is 1. The molecule has 2 aromatic rings. The van der Waals surface area contributed by atoms with Gasteiger partial charge in [0.25, 0.3) is 0 Å². The summed E-state index contributed by atoms with van der Waals surface area (Å²) in [6.45, 7) is 6.54. The number of aliphatic hydroxyl groups is 1. The van der Waals surface area contributed by atoms with E-state index >= 15 is 0 Å². The number of fused-ring (bicyclic) bond motifs is 1. The maximum Gasteiger partial charge on any atom is 0.237 e. The number of amides is 1. The number of ether oxygens (including phenoxy) is 2. The van der Waals surface area contributed by atoms with E-state index in [1.165, 1.54) is 29.9 Å². The number of aliphatic hydroxyl groups excluding tert-OH is 1. The molecule has 0 saturated heterocycles. The first-order valence-corrected chi connectivity index (χ1v) is 12.7. The Balaban J connectivity index is 1.42. The summed E-state index contributed by atoms with van der Waals surface area (Å²) in [6.07, 6.45) is 4.14. The Morgan fingerprint density at radius 1 is 1.38 bits per heavy atom. The lowest BCUT2D eigenvalue weighted by Gasteiger charge is -2.37. The van der Waals surface area contributed by atoms with Gasteiger partial charge in [-0.25, -0.2) is 4.39 Å². The molecule has 1 aromatic carbocycles. The highest BCUT2D eigenvalue weighted by Crippen LogP contribution is 2.34. The van der Waals surface area contributed by atoms with Crippen LogP contribution in [0.3, 0.4) is 0 Å². The Morgan fingerprint density at radius 2 is 2.24 bits per heavy atom. The molecule has 1 saturated carbocycles. The zero-order valence-electron chi connectivity index (χ0n) is 19.4. The standard InChI is InChI=1S/C26H33FN2O4S/c1-2-11-32-17-21(30)15-28(14-19-6-7-19)16-26(31)29-10-8-25-23(9-12-34-25)24(29)18-33-22-5-3-4-20(27)13-22/h2-5,9,12-13,19,21,24,30H,1,6-8,10-11,14-18H2/t21-,24+/m1/s1. The van der Waals surface area contributed by atoms with Crippen molar-refractivity contribution >= 4 is 17.2 Å². The van der Waals surface area contributed by atoms with Crippen LogP contribution in [0.25, 0.3) is 0 Å². The molecule has 0 bridgehead atoms. The summed E-state index contributed by atoms with van der Waals surface area (Å²) >= 11 is 1.70. The van der Waals surface area contributed by atoms with Crippen LogP contribution in [0, 0.1) is 11.7 Å². The third-order valence-corrected chi connectivity index (χ3v) is 7.20. The smallest absolute Gasteiger partial charge is 0.237 e. The molecular weight excluding hydrogens is 455 g/mol. The molecule has 6 nitrogen and oxygen atoms in total. The van der Waals surface area contributed by atoms with Crippen molar-refractivity contribution in [1.82, 2.24) is 9.80 Å². The van der Waals surface area contributed by atoms with E-state index in [1.54, 1.807) is 29.5 Å². The van der Waals surface area contributed by atoms with Crippen LogP contribution in [-0.2, 0) is 16.0 Å². The molecule has 1 aliphatic carbocycles. The number of hydrogen-bond acceptors (Lipinski definition) is 6. The van der Waals surface area contributed by atoms with E-state index < -0.39 is 6.10 Å². The Labute approximate surface area is 204 Å². The normalized spacial score (nSPS) is 18.6. The first-order chi connectivity index (χ1) is 16.5. The average Bonchev–Trinajstić information content (AvgIpc) is 3.49. The molecule has 2 aliphatic rings. The van der Waals surface area contributed by atoms with E-state index in [1.807, 2.05) is 10.3 Å². The summed E-state index contributed by atoms with van der Waals surface area (Å²) in [5.41, 5.74) is 1.10. The van der Waals surface area contributed by atoms with Gasteiger partial charge in [-0.05, 0) is 54.3 Å². The fraction of sp³-hybridized carbons (Fsp3) is 0.500. The molecule has 2 heterocycles. The lowest BCUT2D eigenvalue weighted by Crippen LogP contribution is -2.48. The second-order valence-corrected chi connectivity index (χ2v) is 10.0. The molecule has 0 unspecified atom stereocenters. The van der Waals surface area contributed by atoms with E-state index in [0.29, 0.717) is 31.4 Å². The molecular formula is C26H33FN2O4S. The molecule has 184 valence electrons. The van der Waals surface area contributed by atoms with Crippen LogP contribution in [0.5, 0.6) is 5.75 Å². The maximum atomic E-state index is 13.6.